The van der Waals surface area contributed by atoms with E-state index in [1.54, 1.807) is 25.7 Å². The molecular formula is C24H42N2O6Si. The first-order valence-electron chi connectivity index (χ1n) is 11.8. The van der Waals surface area contributed by atoms with Gasteiger partial charge in [-0.3, -0.25) is 4.79 Å². The Bertz CT molecular complexity index is 768. The van der Waals surface area contributed by atoms with Gasteiger partial charge in [-0.25, -0.2) is 9.59 Å². The molecule has 188 valence electrons. The summed E-state index contributed by atoms with van der Waals surface area (Å²) in [6, 6.07) is -1.86. The average Bonchev–Trinajstić information content (AvgIpc) is 3.02. The first-order valence-corrected chi connectivity index (χ1v) is 14.7. The number of ether oxygens (including phenoxy) is 2. The van der Waals surface area contributed by atoms with Crippen molar-refractivity contribution >= 4 is 26.3 Å². The molecule has 0 unspecified atom stereocenters. The van der Waals surface area contributed by atoms with E-state index in [1.165, 1.54) is 7.11 Å². The lowest BCUT2D eigenvalue weighted by molar-refractivity contribution is -0.153. The van der Waals surface area contributed by atoms with Crippen LogP contribution in [0, 0.1) is 0 Å². The summed E-state index contributed by atoms with van der Waals surface area (Å²) in [6.07, 6.45) is 5.13. The standard InChI is InChI=1S/C24H42N2O6Si/c1-23(2,3)31-22(29)25-16-13-11-10-12-14-17-19(32-33(8,9)24(4,5)6)15-18(21(28)30-7)26(17)20(16)27/h10-11,16-19H,12-15H2,1-9H3,(H,25,29)/t16-,17-,18-,19+/m0/s1. The van der Waals surface area contributed by atoms with Gasteiger partial charge in [-0.15, -0.1) is 0 Å². The monoisotopic (exact) mass is 482 g/mol. The van der Waals surface area contributed by atoms with Crippen LogP contribution in [-0.2, 0) is 23.5 Å². The summed E-state index contributed by atoms with van der Waals surface area (Å²) in [6.45, 7) is 16.2. The van der Waals surface area contributed by atoms with Gasteiger partial charge < -0.3 is 24.1 Å². The van der Waals surface area contributed by atoms with Crippen LogP contribution in [-0.4, -0.2) is 68.1 Å². The molecule has 2 aliphatic rings. The maximum Gasteiger partial charge on any atom is 0.408 e. The van der Waals surface area contributed by atoms with E-state index in [9.17, 15) is 14.4 Å². The van der Waals surface area contributed by atoms with E-state index < -0.39 is 38.1 Å². The molecule has 33 heavy (non-hydrogen) atoms. The van der Waals surface area contributed by atoms with E-state index in [4.69, 9.17) is 13.9 Å². The number of alkyl carbamates (subject to hydrolysis) is 1. The van der Waals surface area contributed by atoms with Crippen LogP contribution in [0.1, 0.15) is 67.2 Å². The fourth-order valence-electron chi connectivity index (χ4n) is 4.04. The number of carbonyl (C=O) groups excluding carboxylic acids is 3. The van der Waals surface area contributed by atoms with Gasteiger partial charge in [0.2, 0.25) is 5.91 Å². The third kappa shape index (κ3) is 6.82. The highest BCUT2D eigenvalue weighted by molar-refractivity contribution is 6.74. The van der Waals surface area contributed by atoms with Crippen molar-refractivity contribution in [3.05, 3.63) is 12.2 Å². The zero-order chi connectivity index (χ0) is 25.2. The van der Waals surface area contributed by atoms with Gasteiger partial charge in [-0.1, -0.05) is 32.9 Å². The fourth-order valence-corrected chi connectivity index (χ4v) is 5.40. The Morgan fingerprint density at radius 2 is 1.76 bits per heavy atom. The van der Waals surface area contributed by atoms with Gasteiger partial charge in [0.25, 0.3) is 0 Å². The molecule has 2 heterocycles. The van der Waals surface area contributed by atoms with Crippen molar-refractivity contribution in [1.29, 1.82) is 0 Å². The van der Waals surface area contributed by atoms with E-state index in [1.807, 2.05) is 12.2 Å². The molecule has 4 atom stereocenters. The number of amides is 2. The fraction of sp³-hybridized carbons (Fsp3) is 0.792. The second-order valence-electron chi connectivity index (χ2n) is 11.5. The summed E-state index contributed by atoms with van der Waals surface area (Å²) in [5.74, 6) is -0.771. The number of hydrogen-bond acceptors (Lipinski definition) is 6. The molecule has 0 aromatic rings. The lowest BCUT2D eigenvalue weighted by atomic mass is 10.1. The van der Waals surface area contributed by atoms with Crippen molar-refractivity contribution in [1.82, 2.24) is 10.2 Å². The van der Waals surface area contributed by atoms with E-state index in [2.05, 4.69) is 39.2 Å². The number of methoxy groups -OCH3 is 1. The Labute approximate surface area is 199 Å². The zero-order valence-electron chi connectivity index (χ0n) is 21.7. The molecule has 8 nitrogen and oxygen atoms in total. The highest BCUT2D eigenvalue weighted by atomic mass is 28.4. The molecule has 0 bridgehead atoms. The summed E-state index contributed by atoms with van der Waals surface area (Å²) in [7, 11) is -0.821. The number of esters is 1. The quantitative estimate of drug-likeness (QED) is 0.367. The van der Waals surface area contributed by atoms with Gasteiger partial charge >= 0.3 is 12.1 Å². The van der Waals surface area contributed by atoms with E-state index >= 15 is 0 Å². The van der Waals surface area contributed by atoms with Crippen LogP contribution in [0.5, 0.6) is 0 Å². The minimum Gasteiger partial charge on any atom is -0.467 e. The first-order chi connectivity index (χ1) is 15.1. The molecule has 1 fully saturated rings. The second kappa shape index (κ2) is 10.2. The van der Waals surface area contributed by atoms with Crippen LogP contribution in [0.3, 0.4) is 0 Å². The van der Waals surface area contributed by atoms with Gasteiger partial charge in [0.1, 0.15) is 17.7 Å². The Morgan fingerprint density at radius 1 is 1.12 bits per heavy atom. The predicted molar refractivity (Wildman–Crippen MR) is 129 cm³/mol. The van der Waals surface area contributed by atoms with Crippen molar-refractivity contribution in [2.45, 2.75) is 115 Å². The molecule has 0 aliphatic carbocycles. The lowest BCUT2D eigenvalue weighted by Crippen LogP contribution is -2.55. The van der Waals surface area contributed by atoms with E-state index in [0.717, 1.165) is 6.42 Å². The van der Waals surface area contributed by atoms with Crippen LogP contribution in [0.4, 0.5) is 4.79 Å². The molecule has 1 N–H and O–H groups in total. The highest BCUT2D eigenvalue weighted by Crippen LogP contribution is 2.41. The average molecular weight is 483 g/mol. The molecule has 1 saturated heterocycles. The smallest absolute Gasteiger partial charge is 0.408 e. The van der Waals surface area contributed by atoms with Gasteiger partial charge in [-0.2, -0.15) is 0 Å². The number of allylic oxidation sites excluding steroid dienone is 1. The number of rotatable bonds is 4. The number of nitrogens with zero attached hydrogens (tertiary/aromatic N) is 1. The molecule has 0 saturated carbocycles. The summed E-state index contributed by atoms with van der Waals surface area (Å²) in [4.78, 5) is 40.5. The van der Waals surface area contributed by atoms with Crippen LogP contribution >= 0.6 is 0 Å². The van der Waals surface area contributed by atoms with Crippen molar-refractivity contribution < 1.29 is 28.3 Å². The third-order valence-electron chi connectivity index (χ3n) is 6.71. The maximum atomic E-state index is 13.7. The summed E-state index contributed by atoms with van der Waals surface area (Å²) in [5.41, 5.74) is -0.686. The van der Waals surface area contributed by atoms with Gasteiger partial charge in [0.05, 0.1) is 19.3 Å². The van der Waals surface area contributed by atoms with Gasteiger partial charge in [0.15, 0.2) is 8.32 Å². The molecule has 0 radical (unpaired) electrons. The number of carbonyl (C=O) groups is 3. The minimum atomic E-state index is -2.15. The number of hydrogen-bond donors (Lipinski definition) is 1. The topological polar surface area (TPSA) is 94.2 Å². The molecule has 0 aromatic carbocycles. The van der Waals surface area contributed by atoms with Gasteiger partial charge in [0, 0.05) is 6.42 Å². The summed E-state index contributed by atoms with van der Waals surface area (Å²) >= 11 is 0. The van der Waals surface area contributed by atoms with Crippen LogP contribution in [0.25, 0.3) is 0 Å². The maximum absolute atomic E-state index is 13.7. The largest absolute Gasteiger partial charge is 0.467 e. The highest BCUT2D eigenvalue weighted by Gasteiger charge is 2.52. The van der Waals surface area contributed by atoms with Crippen molar-refractivity contribution in [3.8, 4) is 0 Å². The third-order valence-corrected chi connectivity index (χ3v) is 11.2. The lowest BCUT2D eigenvalue weighted by Gasteiger charge is -2.40. The van der Waals surface area contributed by atoms with Crippen molar-refractivity contribution in [2.24, 2.45) is 0 Å². The molecule has 2 amide bonds. The van der Waals surface area contributed by atoms with Crippen molar-refractivity contribution in [3.63, 3.8) is 0 Å². The molecule has 2 aliphatic heterocycles. The van der Waals surface area contributed by atoms with Crippen LogP contribution in [0.15, 0.2) is 12.2 Å². The van der Waals surface area contributed by atoms with Crippen molar-refractivity contribution in [2.75, 3.05) is 7.11 Å². The number of nitrogens with one attached hydrogen (secondary N) is 1. The van der Waals surface area contributed by atoms with E-state index in [0.29, 0.717) is 19.3 Å². The number of fused-ring (bicyclic) bond motifs is 1. The Balaban J connectivity index is 2.38. The van der Waals surface area contributed by atoms with Gasteiger partial charge in [-0.05, 0) is 58.2 Å². The summed E-state index contributed by atoms with van der Waals surface area (Å²) in [5, 5.41) is 2.70. The van der Waals surface area contributed by atoms with Crippen LogP contribution < -0.4 is 5.32 Å². The molecule has 0 aromatic heterocycles. The Hall–Kier alpha value is -1.87. The SMILES string of the molecule is COC(=O)[C@@H]1C[C@@H](O[Si](C)(C)C(C)(C)C)[C@@H]2CCC=CC[C@H](NC(=O)OC(C)(C)C)C(=O)N12. The van der Waals surface area contributed by atoms with E-state index in [-0.39, 0.29) is 23.1 Å². The first kappa shape index (κ1) is 27.4. The Kier molecular flexibility index (Phi) is 8.44. The molecule has 2 rings (SSSR count). The Morgan fingerprint density at radius 3 is 2.30 bits per heavy atom. The zero-order valence-corrected chi connectivity index (χ0v) is 22.7. The molecule has 0 spiro atoms. The van der Waals surface area contributed by atoms with Crippen LogP contribution in [0.2, 0.25) is 18.1 Å². The predicted octanol–water partition coefficient (Wildman–Crippen LogP) is 4.15. The second-order valence-corrected chi connectivity index (χ2v) is 16.2. The molecule has 9 heteroatoms. The summed E-state index contributed by atoms with van der Waals surface area (Å²) < 4.78 is 17.2. The minimum absolute atomic E-state index is 0.00952. The normalized spacial score (nSPS) is 26.7. The molecular weight excluding hydrogens is 440 g/mol.